The highest BCUT2D eigenvalue weighted by molar-refractivity contribution is 8.00. The van der Waals surface area contributed by atoms with Gasteiger partial charge in [0.2, 0.25) is 5.91 Å². The van der Waals surface area contributed by atoms with Gasteiger partial charge in [0.15, 0.2) is 0 Å². The molecule has 7 nitrogen and oxygen atoms in total. The van der Waals surface area contributed by atoms with Gasteiger partial charge in [-0.05, 0) is 30.0 Å². The third-order valence-corrected chi connectivity index (χ3v) is 6.47. The normalized spacial score (nSPS) is 11.1. The first-order chi connectivity index (χ1) is 16.2. The van der Waals surface area contributed by atoms with Gasteiger partial charge in [0, 0.05) is 22.8 Å². The largest absolute Gasteiger partial charge is 0.272 e. The van der Waals surface area contributed by atoms with Gasteiger partial charge in [-0.25, -0.2) is 10.4 Å². The molecule has 0 bridgehead atoms. The molecule has 0 aliphatic carbocycles. The molecule has 0 aliphatic heterocycles. The van der Waals surface area contributed by atoms with E-state index in [1.807, 2.05) is 60.8 Å². The molecule has 0 unspecified atom stereocenters. The summed E-state index contributed by atoms with van der Waals surface area (Å²) in [4.78, 5) is 26.5. The maximum absolute atomic E-state index is 12.5. The summed E-state index contributed by atoms with van der Waals surface area (Å²) in [6.45, 7) is 1.83. The molecule has 4 rings (SSSR count). The molecule has 162 valence electrons. The van der Waals surface area contributed by atoms with Crippen LogP contribution in [0.4, 0.5) is 0 Å². The van der Waals surface area contributed by atoms with Crippen molar-refractivity contribution in [1.29, 1.82) is 5.26 Å². The Morgan fingerprint density at radius 1 is 1.18 bits per heavy atom. The lowest BCUT2D eigenvalue weighted by atomic mass is 10.1. The molecule has 0 fully saturated rings. The van der Waals surface area contributed by atoms with E-state index in [1.54, 1.807) is 18.6 Å². The van der Waals surface area contributed by atoms with E-state index in [2.05, 4.69) is 31.5 Å². The molecule has 1 amide bonds. The van der Waals surface area contributed by atoms with Crippen LogP contribution >= 0.6 is 23.1 Å². The minimum atomic E-state index is -0.288. The number of benzene rings is 1. The zero-order chi connectivity index (χ0) is 23.0. The maximum Gasteiger partial charge on any atom is 0.250 e. The molecule has 1 N–H and O–H groups in total. The van der Waals surface area contributed by atoms with Crippen molar-refractivity contribution in [2.75, 3.05) is 5.75 Å². The predicted octanol–water partition coefficient (Wildman–Crippen LogP) is 4.77. The average molecular weight is 471 g/mol. The Hall–Kier alpha value is -3.87. The molecule has 0 aliphatic rings. The summed E-state index contributed by atoms with van der Waals surface area (Å²) in [6, 6.07) is 17.6. The lowest BCUT2D eigenvalue weighted by Crippen LogP contribution is -2.21. The second-order valence-corrected chi connectivity index (χ2v) is 8.71. The molecular weight excluding hydrogens is 452 g/mol. The van der Waals surface area contributed by atoms with Crippen molar-refractivity contribution in [1.82, 2.24) is 20.4 Å². The van der Waals surface area contributed by atoms with Crippen LogP contribution in [0.25, 0.3) is 21.8 Å². The van der Waals surface area contributed by atoms with Crippen LogP contribution in [0.1, 0.15) is 18.1 Å². The van der Waals surface area contributed by atoms with Crippen LogP contribution in [0.5, 0.6) is 0 Å². The number of thiophene rings is 1. The van der Waals surface area contributed by atoms with Gasteiger partial charge < -0.3 is 0 Å². The summed E-state index contributed by atoms with van der Waals surface area (Å²) in [5.41, 5.74) is 6.56. The van der Waals surface area contributed by atoms with E-state index in [0.717, 1.165) is 16.0 Å². The Labute approximate surface area is 199 Å². The van der Waals surface area contributed by atoms with Crippen LogP contribution in [-0.4, -0.2) is 32.3 Å². The van der Waals surface area contributed by atoms with Gasteiger partial charge in [-0.15, -0.1) is 11.3 Å². The van der Waals surface area contributed by atoms with Crippen molar-refractivity contribution < 1.29 is 4.79 Å². The number of hydrogen-bond acceptors (Lipinski definition) is 8. The van der Waals surface area contributed by atoms with Gasteiger partial charge in [0.05, 0.1) is 28.9 Å². The van der Waals surface area contributed by atoms with Crippen molar-refractivity contribution in [3.63, 3.8) is 0 Å². The van der Waals surface area contributed by atoms with E-state index in [4.69, 9.17) is 0 Å². The Morgan fingerprint density at radius 2 is 2.03 bits per heavy atom. The SMILES string of the molecule is C/C(=N\NC(=O)CSc1nc(-c2cnccn2)cc(-c2cccs2)c1C#N)c1ccccc1. The number of thioether (sulfide) groups is 1. The van der Waals surface area contributed by atoms with E-state index < -0.39 is 0 Å². The van der Waals surface area contributed by atoms with Crippen molar-refractivity contribution in [3.05, 3.63) is 83.6 Å². The Balaban J connectivity index is 1.58. The van der Waals surface area contributed by atoms with Gasteiger partial charge in [0.1, 0.15) is 16.8 Å². The molecule has 4 aromatic rings. The second-order valence-electron chi connectivity index (χ2n) is 6.80. The predicted molar refractivity (Wildman–Crippen MR) is 131 cm³/mol. The Morgan fingerprint density at radius 3 is 2.73 bits per heavy atom. The molecular formula is C24H18N6OS2. The van der Waals surface area contributed by atoms with E-state index in [1.165, 1.54) is 23.1 Å². The molecule has 3 aromatic heterocycles. The molecule has 0 radical (unpaired) electrons. The van der Waals surface area contributed by atoms with Gasteiger partial charge in [-0.1, -0.05) is 48.2 Å². The molecule has 1 aromatic carbocycles. The fourth-order valence-electron chi connectivity index (χ4n) is 2.98. The Kier molecular flexibility index (Phi) is 7.19. The van der Waals surface area contributed by atoms with Crippen molar-refractivity contribution in [2.24, 2.45) is 5.10 Å². The third kappa shape index (κ3) is 5.49. The number of hydrogen-bond donors (Lipinski definition) is 1. The fourth-order valence-corrected chi connectivity index (χ4v) is 4.52. The summed E-state index contributed by atoms with van der Waals surface area (Å²) < 4.78 is 0. The number of nitrogens with zero attached hydrogens (tertiary/aromatic N) is 5. The number of nitrogens with one attached hydrogen (secondary N) is 1. The van der Waals surface area contributed by atoms with Gasteiger partial charge in [0.25, 0.3) is 0 Å². The molecule has 0 saturated heterocycles. The van der Waals surface area contributed by atoms with Crippen LogP contribution in [0, 0.1) is 11.3 Å². The third-order valence-electron chi connectivity index (χ3n) is 4.59. The number of nitriles is 1. The lowest BCUT2D eigenvalue weighted by molar-refractivity contribution is -0.118. The number of amides is 1. The molecule has 0 spiro atoms. The standard InChI is InChI=1S/C24H18N6OS2/c1-16(17-6-3-2-4-7-17)29-30-23(31)15-33-24-19(13-25)18(22-8-5-11-32-22)12-20(28-24)21-14-26-9-10-27-21/h2-12,14H,15H2,1H3,(H,30,31)/b29-16+. The van der Waals surface area contributed by atoms with Crippen LogP contribution in [0.2, 0.25) is 0 Å². The topological polar surface area (TPSA) is 104 Å². The van der Waals surface area contributed by atoms with Crippen molar-refractivity contribution >= 4 is 34.7 Å². The number of hydrazone groups is 1. The van der Waals surface area contributed by atoms with Crippen LogP contribution in [-0.2, 0) is 4.79 Å². The van der Waals surface area contributed by atoms with Crippen LogP contribution in [0.3, 0.4) is 0 Å². The number of rotatable bonds is 7. The molecule has 3 heterocycles. The van der Waals surface area contributed by atoms with Gasteiger partial charge >= 0.3 is 0 Å². The summed E-state index contributed by atoms with van der Waals surface area (Å²) in [6.07, 6.45) is 4.80. The van der Waals surface area contributed by atoms with E-state index >= 15 is 0 Å². The van der Waals surface area contributed by atoms with Crippen molar-refractivity contribution in [3.8, 4) is 27.9 Å². The summed E-state index contributed by atoms with van der Waals surface area (Å²) >= 11 is 2.72. The molecule has 0 atom stereocenters. The number of carbonyl (C=O) groups excluding carboxylic acids is 1. The zero-order valence-corrected chi connectivity index (χ0v) is 19.2. The van der Waals surface area contributed by atoms with Crippen molar-refractivity contribution in [2.45, 2.75) is 11.9 Å². The lowest BCUT2D eigenvalue weighted by Gasteiger charge is -2.10. The van der Waals surface area contributed by atoms with E-state index in [9.17, 15) is 10.1 Å². The maximum atomic E-state index is 12.5. The monoisotopic (exact) mass is 470 g/mol. The highest BCUT2D eigenvalue weighted by atomic mass is 32.2. The fraction of sp³-hybridized carbons (Fsp3) is 0.0833. The Bertz CT molecular complexity index is 1320. The summed E-state index contributed by atoms with van der Waals surface area (Å²) in [7, 11) is 0. The molecule has 9 heteroatoms. The first-order valence-corrected chi connectivity index (χ1v) is 11.8. The highest BCUT2D eigenvalue weighted by Crippen LogP contribution is 2.35. The van der Waals surface area contributed by atoms with Gasteiger partial charge in [-0.3, -0.25) is 14.8 Å². The summed E-state index contributed by atoms with van der Waals surface area (Å²) in [5.74, 6) is -0.232. The quantitative estimate of drug-likeness (QED) is 0.237. The van der Waals surface area contributed by atoms with E-state index in [0.29, 0.717) is 27.7 Å². The molecule has 33 heavy (non-hydrogen) atoms. The van der Waals surface area contributed by atoms with Gasteiger partial charge in [-0.2, -0.15) is 10.4 Å². The molecule has 0 saturated carbocycles. The highest BCUT2D eigenvalue weighted by Gasteiger charge is 2.18. The van der Waals surface area contributed by atoms with Crippen LogP contribution < -0.4 is 5.43 Å². The zero-order valence-electron chi connectivity index (χ0n) is 17.6. The second kappa shape index (κ2) is 10.6. The van der Waals surface area contributed by atoms with E-state index in [-0.39, 0.29) is 11.7 Å². The average Bonchev–Trinajstić information content (AvgIpc) is 3.41. The minimum Gasteiger partial charge on any atom is -0.272 e. The van der Waals surface area contributed by atoms with Crippen LogP contribution in [0.15, 0.2) is 82.6 Å². The summed E-state index contributed by atoms with van der Waals surface area (Å²) in [5, 5.41) is 16.5. The first-order valence-electron chi connectivity index (χ1n) is 9.92. The number of aromatic nitrogens is 3. The number of pyridine rings is 1. The first kappa shape index (κ1) is 22.3. The minimum absolute atomic E-state index is 0.0566. The number of carbonyl (C=O) groups is 1. The smallest absolute Gasteiger partial charge is 0.250 e.